The molecule has 1 aliphatic heterocycles. The summed E-state index contributed by atoms with van der Waals surface area (Å²) in [5, 5.41) is 8.33. The number of aliphatic carboxylic acids is 1. The van der Waals surface area contributed by atoms with Crippen LogP contribution in [0.1, 0.15) is 13.3 Å². The third kappa shape index (κ3) is 2.34. The Labute approximate surface area is 84.2 Å². The fraction of sp³-hybridized carbons (Fsp3) is 0.857. The molecule has 0 radical (unpaired) electrons. The van der Waals surface area contributed by atoms with Crippen LogP contribution in [0.2, 0.25) is 0 Å². The highest BCUT2D eigenvalue weighted by molar-refractivity contribution is 9.10. The molecule has 70 valence electrons. The summed E-state index contributed by atoms with van der Waals surface area (Å²) in [7, 11) is 0. The van der Waals surface area contributed by atoms with Crippen LogP contribution in [0.15, 0.2) is 0 Å². The van der Waals surface area contributed by atoms with E-state index in [1.165, 1.54) is 0 Å². The van der Waals surface area contributed by atoms with Gasteiger partial charge in [-0.05, 0) is 13.3 Å². The number of hydrogen-bond donors (Lipinski definition) is 1. The van der Waals surface area contributed by atoms with E-state index in [1.807, 2.05) is 0 Å². The quantitative estimate of drug-likeness (QED) is 0.615. The fourth-order valence-electron chi connectivity index (χ4n) is 0.790. The monoisotopic (exact) mass is 256 g/mol. The van der Waals surface area contributed by atoms with Gasteiger partial charge < -0.3 is 9.84 Å². The van der Waals surface area contributed by atoms with Gasteiger partial charge in [0.15, 0.2) is 0 Å². The molecule has 1 fully saturated rings. The number of carboxylic acid groups (broad SMARTS) is 1. The van der Waals surface area contributed by atoms with Crippen molar-refractivity contribution in [1.29, 1.82) is 0 Å². The number of carbonyl (C=O) groups is 1. The van der Waals surface area contributed by atoms with Gasteiger partial charge >= 0.3 is 5.97 Å². The van der Waals surface area contributed by atoms with Crippen molar-refractivity contribution in [3.05, 3.63) is 0 Å². The standard InChI is InChI=1S/C7H10BrClO3/c1-7(8,6(10)11)5(9)2-4-3-12-4/h4-5H,2-3H2,1H3,(H,10,11). The zero-order valence-corrected chi connectivity index (χ0v) is 8.93. The molecular weight excluding hydrogens is 247 g/mol. The van der Waals surface area contributed by atoms with Crippen LogP contribution in [-0.4, -0.2) is 33.5 Å². The normalized spacial score (nSPS) is 29.1. The lowest BCUT2D eigenvalue weighted by molar-refractivity contribution is -0.139. The van der Waals surface area contributed by atoms with E-state index in [4.69, 9.17) is 21.4 Å². The Morgan fingerprint density at radius 2 is 2.50 bits per heavy atom. The van der Waals surface area contributed by atoms with Crippen LogP contribution in [0.4, 0.5) is 0 Å². The van der Waals surface area contributed by atoms with Crippen LogP contribution in [0.3, 0.4) is 0 Å². The Balaban J connectivity index is 2.47. The van der Waals surface area contributed by atoms with E-state index in [9.17, 15) is 4.79 Å². The zero-order valence-electron chi connectivity index (χ0n) is 6.59. The van der Waals surface area contributed by atoms with Crippen molar-refractivity contribution in [2.75, 3.05) is 6.61 Å². The first-order valence-corrected chi connectivity index (χ1v) is 4.85. The highest BCUT2D eigenvalue weighted by atomic mass is 79.9. The molecule has 1 heterocycles. The van der Waals surface area contributed by atoms with Gasteiger partial charge in [0.25, 0.3) is 0 Å². The number of carboxylic acids is 1. The molecule has 0 amide bonds. The third-order valence-electron chi connectivity index (χ3n) is 1.88. The van der Waals surface area contributed by atoms with Crippen molar-refractivity contribution in [3.8, 4) is 0 Å². The molecule has 0 bridgehead atoms. The van der Waals surface area contributed by atoms with Crippen molar-refractivity contribution < 1.29 is 14.6 Å². The molecule has 0 spiro atoms. The van der Waals surface area contributed by atoms with Crippen molar-refractivity contribution >= 4 is 33.5 Å². The summed E-state index contributed by atoms with van der Waals surface area (Å²) in [5.74, 6) is -0.942. The van der Waals surface area contributed by atoms with Crippen molar-refractivity contribution in [2.45, 2.75) is 29.1 Å². The molecule has 3 atom stereocenters. The van der Waals surface area contributed by atoms with Gasteiger partial charge in [0.05, 0.1) is 18.1 Å². The Kier molecular flexibility index (Phi) is 3.01. The first kappa shape index (κ1) is 10.3. The largest absolute Gasteiger partial charge is 0.480 e. The van der Waals surface area contributed by atoms with Crippen LogP contribution >= 0.6 is 27.5 Å². The summed E-state index contributed by atoms with van der Waals surface area (Å²) in [4.78, 5) is 10.7. The molecule has 12 heavy (non-hydrogen) atoms. The van der Waals surface area contributed by atoms with Gasteiger partial charge in [-0.2, -0.15) is 0 Å². The highest BCUT2D eigenvalue weighted by Gasteiger charge is 2.41. The van der Waals surface area contributed by atoms with Crippen LogP contribution in [-0.2, 0) is 9.53 Å². The maximum atomic E-state index is 10.7. The minimum atomic E-state index is -1.06. The number of rotatable bonds is 4. The second-order valence-corrected chi connectivity index (χ2v) is 5.21. The zero-order chi connectivity index (χ0) is 9.35. The maximum Gasteiger partial charge on any atom is 0.321 e. The van der Waals surface area contributed by atoms with Gasteiger partial charge in [-0.1, -0.05) is 15.9 Å². The Morgan fingerprint density at radius 3 is 2.83 bits per heavy atom. The molecule has 1 saturated heterocycles. The molecule has 1 rings (SSSR count). The predicted octanol–water partition coefficient (Wildman–Crippen LogP) is 1.62. The Bertz CT molecular complexity index is 191. The number of halogens is 2. The maximum absolute atomic E-state index is 10.7. The summed E-state index contributed by atoms with van der Waals surface area (Å²) in [5.41, 5.74) is 0. The smallest absolute Gasteiger partial charge is 0.321 e. The lowest BCUT2D eigenvalue weighted by Gasteiger charge is -2.22. The van der Waals surface area contributed by atoms with E-state index in [0.29, 0.717) is 13.0 Å². The SMILES string of the molecule is CC(Br)(C(=O)O)C(Cl)CC1CO1. The van der Waals surface area contributed by atoms with E-state index in [1.54, 1.807) is 6.92 Å². The number of hydrogen-bond acceptors (Lipinski definition) is 2. The Hall–Kier alpha value is 0.200. The lowest BCUT2D eigenvalue weighted by atomic mass is 10.0. The molecule has 5 heteroatoms. The van der Waals surface area contributed by atoms with Crippen molar-refractivity contribution in [2.24, 2.45) is 0 Å². The van der Waals surface area contributed by atoms with Crippen LogP contribution in [0.5, 0.6) is 0 Å². The molecule has 0 saturated carbocycles. The summed E-state index contributed by atoms with van der Waals surface area (Å²) in [6.45, 7) is 2.25. The second-order valence-electron chi connectivity index (χ2n) is 3.04. The molecule has 1 aliphatic rings. The van der Waals surface area contributed by atoms with Crippen LogP contribution in [0, 0.1) is 0 Å². The number of alkyl halides is 2. The molecule has 0 aliphatic carbocycles. The minimum Gasteiger partial charge on any atom is -0.480 e. The van der Waals surface area contributed by atoms with E-state index in [0.717, 1.165) is 0 Å². The van der Waals surface area contributed by atoms with Crippen LogP contribution in [0.25, 0.3) is 0 Å². The number of ether oxygens (including phenoxy) is 1. The molecular formula is C7H10BrClO3. The van der Waals surface area contributed by atoms with Gasteiger partial charge in [-0.25, -0.2) is 0 Å². The fourth-order valence-corrected chi connectivity index (χ4v) is 1.27. The minimum absolute atomic E-state index is 0.156. The van der Waals surface area contributed by atoms with Crippen molar-refractivity contribution in [3.63, 3.8) is 0 Å². The van der Waals surface area contributed by atoms with E-state index in [-0.39, 0.29) is 6.10 Å². The molecule has 3 unspecified atom stereocenters. The molecule has 0 aromatic carbocycles. The first-order chi connectivity index (χ1) is 5.44. The van der Waals surface area contributed by atoms with Gasteiger partial charge in [-0.3, -0.25) is 4.79 Å². The average Bonchev–Trinajstić information content (AvgIpc) is 2.71. The highest BCUT2D eigenvalue weighted by Crippen LogP contribution is 2.32. The van der Waals surface area contributed by atoms with Crippen molar-refractivity contribution in [1.82, 2.24) is 0 Å². The number of epoxide rings is 1. The van der Waals surface area contributed by atoms with Crippen LogP contribution < -0.4 is 0 Å². The molecule has 0 aromatic heterocycles. The molecule has 1 N–H and O–H groups in total. The first-order valence-electron chi connectivity index (χ1n) is 3.62. The molecule has 3 nitrogen and oxygen atoms in total. The van der Waals surface area contributed by atoms with E-state index in [2.05, 4.69) is 15.9 Å². The third-order valence-corrected chi connectivity index (χ3v) is 3.65. The topological polar surface area (TPSA) is 49.8 Å². The second kappa shape index (κ2) is 3.52. The lowest BCUT2D eigenvalue weighted by Crippen LogP contribution is -2.38. The average molecular weight is 258 g/mol. The Morgan fingerprint density at radius 1 is 2.00 bits per heavy atom. The summed E-state index contributed by atoms with van der Waals surface area (Å²) in [6.07, 6.45) is 0.735. The van der Waals surface area contributed by atoms with E-state index >= 15 is 0 Å². The summed E-state index contributed by atoms with van der Waals surface area (Å²) >= 11 is 8.98. The predicted molar refractivity (Wildman–Crippen MR) is 49.0 cm³/mol. The van der Waals surface area contributed by atoms with Gasteiger partial charge in [0.1, 0.15) is 4.32 Å². The van der Waals surface area contributed by atoms with Gasteiger partial charge in [-0.15, -0.1) is 11.6 Å². The van der Waals surface area contributed by atoms with E-state index < -0.39 is 15.7 Å². The summed E-state index contributed by atoms with van der Waals surface area (Å²) in [6, 6.07) is 0. The van der Waals surface area contributed by atoms with Gasteiger partial charge in [0, 0.05) is 0 Å². The van der Waals surface area contributed by atoms with Gasteiger partial charge in [0.2, 0.25) is 0 Å². The molecule has 0 aromatic rings. The summed E-state index contributed by atoms with van der Waals surface area (Å²) < 4.78 is 3.90.